The van der Waals surface area contributed by atoms with Crippen LogP contribution in [0.5, 0.6) is 0 Å². The predicted octanol–water partition coefficient (Wildman–Crippen LogP) is 3.87. The van der Waals surface area contributed by atoms with Crippen LogP contribution >= 0.6 is 0 Å². The van der Waals surface area contributed by atoms with E-state index in [1.165, 1.54) is 22.9 Å². The van der Waals surface area contributed by atoms with Crippen molar-refractivity contribution in [3.05, 3.63) is 36.0 Å². The van der Waals surface area contributed by atoms with Gasteiger partial charge in [-0.25, -0.2) is 0 Å². The van der Waals surface area contributed by atoms with Crippen molar-refractivity contribution in [2.45, 2.75) is 32.6 Å². The molecule has 1 aromatic carbocycles. The van der Waals surface area contributed by atoms with Crippen LogP contribution in [0, 0.1) is 0 Å². The number of fused-ring (bicyclic) bond motifs is 1. The van der Waals surface area contributed by atoms with Gasteiger partial charge in [0.05, 0.1) is 0 Å². The van der Waals surface area contributed by atoms with Gasteiger partial charge in [-0.2, -0.15) is 0 Å². The SMILES string of the molecule is CCC(C)(C)c1ccc2c(ccn2C)c1. The molecule has 0 aliphatic carbocycles. The van der Waals surface area contributed by atoms with Gasteiger partial charge in [-0.15, -0.1) is 0 Å². The maximum Gasteiger partial charge on any atom is 0.0477 e. The van der Waals surface area contributed by atoms with Crippen molar-refractivity contribution in [1.82, 2.24) is 4.57 Å². The second-order valence-corrected chi connectivity index (χ2v) is 4.94. The summed E-state index contributed by atoms with van der Waals surface area (Å²) in [6, 6.07) is 8.98. The molecule has 2 rings (SSSR count). The van der Waals surface area contributed by atoms with Gasteiger partial charge in [0.25, 0.3) is 0 Å². The Morgan fingerprint density at radius 2 is 1.93 bits per heavy atom. The van der Waals surface area contributed by atoms with Crippen molar-refractivity contribution < 1.29 is 0 Å². The fraction of sp³-hybridized carbons (Fsp3) is 0.429. The normalized spacial score (nSPS) is 12.3. The Labute approximate surface area is 91.7 Å². The monoisotopic (exact) mass is 201 g/mol. The lowest BCUT2D eigenvalue weighted by atomic mass is 9.82. The zero-order valence-corrected chi connectivity index (χ0v) is 10.0. The number of benzene rings is 1. The lowest BCUT2D eigenvalue weighted by Crippen LogP contribution is -2.15. The van der Waals surface area contributed by atoms with Crippen LogP contribution in [0.4, 0.5) is 0 Å². The van der Waals surface area contributed by atoms with E-state index in [2.05, 4.69) is 62.8 Å². The minimum atomic E-state index is 0.282. The van der Waals surface area contributed by atoms with Gasteiger partial charge in [0, 0.05) is 18.8 Å². The second kappa shape index (κ2) is 3.41. The molecule has 0 aliphatic heterocycles. The molecule has 15 heavy (non-hydrogen) atoms. The van der Waals surface area contributed by atoms with Gasteiger partial charge in [0.1, 0.15) is 0 Å². The summed E-state index contributed by atoms with van der Waals surface area (Å²) in [5.74, 6) is 0. The standard InChI is InChI=1S/C14H19N/c1-5-14(2,3)12-6-7-13-11(10-12)8-9-15(13)4/h6-10H,5H2,1-4H3. The molecule has 0 unspecified atom stereocenters. The molecule has 1 heterocycles. The molecule has 2 aromatic rings. The fourth-order valence-corrected chi connectivity index (χ4v) is 1.91. The van der Waals surface area contributed by atoms with Crippen molar-refractivity contribution in [1.29, 1.82) is 0 Å². The molecule has 0 bridgehead atoms. The molecule has 0 spiro atoms. The first-order valence-electron chi connectivity index (χ1n) is 5.60. The van der Waals surface area contributed by atoms with E-state index in [-0.39, 0.29) is 5.41 Å². The summed E-state index contributed by atoms with van der Waals surface area (Å²) in [6.07, 6.45) is 3.29. The molecule has 80 valence electrons. The average molecular weight is 201 g/mol. The zero-order valence-electron chi connectivity index (χ0n) is 10.0. The lowest BCUT2D eigenvalue weighted by Gasteiger charge is -2.23. The number of hydrogen-bond acceptors (Lipinski definition) is 0. The summed E-state index contributed by atoms with van der Waals surface area (Å²) in [4.78, 5) is 0. The highest BCUT2D eigenvalue weighted by Gasteiger charge is 2.18. The summed E-state index contributed by atoms with van der Waals surface area (Å²) < 4.78 is 2.16. The first-order valence-corrected chi connectivity index (χ1v) is 5.60. The Balaban J connectivity index is 2.57. The van der Waals surface area contributed by atoms with Crippen LogP contribution in [-0.4, -0.2) is 4.57 Å². The van der Waals surface area contributed by atoms with Crippen LogP contribution < -0.4 is 0 Å². The second-order valence-electron chi connectivity index (χ2n) is 4.94. The first kappa shape index (κ1) is 10.3. The minimum Gasteiger partial charge on any atom is -0.351 e. The smallest absolute Gasteiger partial charge is 0.0477 e. The largest absolute Gasteiger partial charge is 0.351 e. The molecule has 0 N–H and O–H groups in total. The predicted molar refractivity (Wildman–Crippen MR) is 66.2 cm³/mol. The number of aryl methyl sites for hydroxylation is 1. The molecule has 1 heteroatoms. The third-order valence-electron chi connectivity index (χ3n) is 3.55. The van der Waals surface area contributed by atoms with Gasteiger partial charge in [-0.1, -0.05) is 26.8 Å². The molecule has 1 aromatic heterocycles. The van der Waals surface area contributed by atoms with Crippen LogP contribution in [0.2, 0.25) is 0 Å². The Bertz CT molecular complexity index is 477. The maximum absolute atomic E-state index is 2.32. The zero-order chi connectivity index (χ0) is 11.1. The van der Waals surface area contributed by atoms with E-state index in [1.807, 2.05) is 0 Å². The summed E-state index contributed by atoms with van der Waals surface area (Å²) in [7, 11) is 2.09. The highest BCUT2D eigenvalue weighted by atomic mass is 14.9. The molecule has 0 radical (unpaired) electrons. The van der Waals surface area contributed by atoms with E-state index in [1.54, 1.807) is 0 Å². The Hall–Kier alpha value is -1.24. The number of aromatic nitrogens is 1. The van der Waals surface area contributed by atoms with E-state index >= 15 is 0 Å². The van der Waals surface area contributed by atoms with E-state index < -0.39 is 0 Å². The summed E-state index contributed by atoms with van der Waals surface area (Å²) in [6.45, 7) is 6.85. The van der Waals surface area contributed by atoms with Gasteiger partial charge in [-0.05, 0) is 41.0 Å². The molecular weight excluding hydrogens is 182 g/mol. The van der Waals surface area contributed by atoms with Crippen LogP contribution in [0.3, 0.4) is 0 Å². The van der Waals surface area contributed by atoms with Gasteiger partial charge < -0.3 is 4.57 Å². The lowest BCUT2D eigenvalue weighted by molar-refractivity contribution is 0.507. The highest BCUT2D eigenvalue weighted by molar-refractivity contribution is 5.81. The molecule has 0 atom stereocenters. The van der Waals surface area contributed by atoms with E-state index in [4.69, 9.17) is 0 Å². The molecular formula is C14H19N. The minimum absolute atomic E-state index is 0.282. The Morgan fingerprint density at radius 3 is 2.60 bits per heavy atom. The van der Waals surface area contributed by atoms with Crippen LogP contribution in [0.15, 0.2) is 30.5 Å². The third-order valence-corrected chi connectivity index (χ3v) is 3.55. The highest BCUT2D eigenvalue weighted by Crippen LogP contribution is 2.29. The van der Waals surface area contributed by atoms with Crippen molar-refractivity contribution in [2.75, 3.05) is 0 Å². The summed E-state index contributed by atoms with van der Waals surface area (Å²) >= 11 is 0. The van der Waals surface area contributed by atoms with Crippen molar-refractivity contribution in [2.24, 2.45) is 7.05 Å². The van der Waals surface area contributed by atoms with E-state index in [0.717, 1.165) is 0 Å². The first-order chi connectivity index (χ1) is 7.04. The molecule has 0 amide bonds. The summed E-state index contributed by atoms with van der Waals surface area (Å²) in [5, 5.41) is 1.34. The average Bonchev–Trinajstić information content (AvgIpc) is 2.60. The van der Waals surface area contributed by atoms with Gasteiger partial charge in [0.2, 0.25) is 0 Å². The van der Waals surface area contributed by atoms with Crippen molar-refractivity contribution in [3.8, 4) is 0 Å². The van der Waals surface area contributed by atoms with E-state index in [9.17, 15) is 0 Å². The van der Waals surface area contributed by atoms with Gasteiger partial charge in [0.15, 0.2) is 0 Å². The Morgan fingerprint density at radius 1 is 1.20 bits per heavy atom. The quantitative estimate of drug-likeness (QED) is 0.695. The number of nitrogens with zero attached hydrogens (tertiary/aromatic N) is 1. The van der Waals surface area contributed by atoms with Gasteiger partial charge >= 0.3 is 0 Å². The van der Waals surface area contributed by atoms with Crippen molar-refractivity contribution in [3.63, 3.8) is 0 Å². The fourth-order valence-electron chi connectivity index (χ4n) is 1.91. The number of rotatable bonds is 2. The van der Waals surface area contributed by atoms with Crippen LogP contribution in [-0.2, 0) is 12.5 Å². The Kier molecular flexibility index (Phi) is 2.34. The molecule has 0 saturated carbocycles. The third kappa shape index (κ3) is 1.67. The summed E-state index contributed by atoms with van der Waals surface area (Å²) in [5.41, 5.74) is 3.03. The van der Waals surface area contributed by atoms with E-state index in [0.29, 0.717) is 0 Å². The number of hydrogen-bond donors (Lipinski definition) is 0. The molecule has 0 aliphatic rings. The van der Waals surface area contributed by atoms with Crippen molar-refractivity contribution >= 4 is 10.9 Å². The van der Waals surface area contributed by atoms with Crippen LogP contribution in [0.1, 0.15) is 32.8 Å². The topological polar surface area (TPSA) is 4.93 Å². The van der Waals surface area contributed by atoms with Gasteiger partial charge in [-0.3, -0.25) is 0 Å². The molecule has 0 saturated heterocycles. The molecule has 1 nitrogen and oxygen atoms in total. The molecule has 0 fully saturated rings. The maximum atomic E-state index is 2.32. The van der Waals surface area contributed by atoms with Crippen LogP contribution in [0.25, 0.3) is 10.9 Å².